The van der Waals surface area contributed by atoms with Gasteiger partial charge in [-0.2, -0.15) is 0 Å². The van der Waals surface area contributed by atoms with E-state index in [2.05, 4.69) is 88.4 Å². The molecule has 0 spiro atoms. The van der Waals surface area contributed by atoms with E-state index in [1.54, 1.807) is 7.11 Å². The highest BCUT2D eigenvalue weighted by molar-refractivity contribution is 6.99. The predicted octanol–water partition coefficient (Wildman–Crippen LogP) is 6.10. The highest BCUT2D eigenvalue weighted by atomic mass is 28.4. The second-order valence-corrected chi connectivity index (χ2v) is 17.2. The number of carbonyl (C=O) groups is 1. The first-order valence-corrected chi connectivity index (χ1v) is 17.0. The zero-order valence-corrected chi connectivity index (χ0v) is 27.4. The van der Waals surface area contributed by atoms with Crippen LogP contribution in [0.25, 0.3) is 0 Å². The molecule has 0 radical (unpaired) electrons. The fraction of sp³-hybridized carbons (Fsp3) is 0.618. The Morgan fingerprint density at radius 1 is 1.00 bits per heavy atom. The van der Waals surface area contributed by atoms with Crippen molar-refractivity contribution in [3.05, 3.63) is 60.7 Å². The van der Waals surface area contributed by atoms with E-state index in [1.165, 1.54) is 10.4 Å². The van der Waals surface area contributed by atoms with Crippen LogP contribution in [-0.4, -0.2) is 59.2 Å². The van der Waals surface area contributed by atoms with Crippen LogP contribution >= 0.6 is 0 Å². The summed E-state index contributed by atoms with van der Waals surface area (Å²) in [7, 11) is -1.06. The molecule has 0 unspecified atom stereocenters. The molecule has 3 rings (SSSR count). The maximum absolute atomic E-state index is 11.7. The summed E-state index contributed by atoms with van der Waals surface area (Å²) in [6.45, 7) is 15.7. The van der Waals surface area contributed by atoms with E-state index in [-0.39, 0.29) is 42.0 Å². The van der Waals surface area contributed by atoms with E-state index in [1.807, 2.05) is 20.8 Å². The lowest BCUT2D eigenvalue weighted by Crippen LogP contribution is -2.67. The van der Waals surface area contributed by atoms with Crippen molar-refractivity contribution in [2.75, 3.05) is 20.5 Å². The molecule has 1 saturated heterocycles. The molecule has 41 heavy (non-hydrogen) atoms. The summed E-state index contributed by atoms with van der Waals surface area (Å²) in [6.07, 6.45) is 3.98. The van der Waals surface area contributed by atoms with Crippen molar-refractivity contribution in [3.63, 3.8) is 0 Å². The SMILES string of the molecule is CC[C@H](C=O)[C@H](OCOC)[C@H](C)CC[C@@H]1C[C@@H](CO[Si](c2ccccc2)(c2ccccc2)C(C)(C)C)OC(C)(C)O1. The fourth-order valence-corrected chi connectivity index (χ4v) is 10.9. The van der Waals surface area contributed by atoms with Gasteiger partial charge in [-0.15, -0.1) is 0 Å². The monoisotopic (exact) mass is 584 g/mol. The van der Waals surface area contributed by atoms with Gasteiger partial charge in [0.15, 0.2) is 5.79 Å². The molecule has 0 aliphatic carbocycles. The van der Waals surface area contributed by atoms with Gasteiger partial charge in [-0.05, 0) is 54.4 Å². The molecule has 5 atom stereocenters. The zero-order chi connectivity index (χ0) is 30.1. The Hall–Kier alpha value is -1.87. The van der Waals surface area contributed by atoms with E-state index in [4.69, 9.17) is 23.4 Å². The van der Waals surface area contributed by atoms with Gasteiger partial charge < -0.3 is 28.2 Å². The third-order valence-corrected chi connectivity index (χ3v) is 13.3. The normalized spacial score (nSPS) is 21.7. The molecule has 2 aromatic rings. The predicted molar refractivity (Wildman–Crippen MR) is 167 cm³/mol. The molecule has 7 heteroatoms. The Bertz CT molecular complexity index is 999. The summed E-state index contributed by atoms with van der Waals surface area (Å²) < 4.78 is 31.2. The van der Waals surface area contributed by atoms with Crippen LogP contribution in [0.3, 0.4) is 0 Å². The van der Waals surface area contributed by atoms with E-state index in [0.717, 1.165) is 32.0 Å². The molecule has 1 aliphatic rings. The maximum Gasteiger partial charge on any atom is 0.261 e. The molecule has 1 heterocycles. The minimum Gasteiger partial charge on any atom is -0.405 e. The number of ether oxygens (including phenoxy) is 4. The summed E-state index contributed by atoms with van der Waals surface area (Å²) in [5.74, 6) is -0.687. The minimum atomic E-state index is -2.67. The summed E-state index contributed by atoms with van der Waals surface area (Å²) >= 11 is 0. The number of hydrogen-bond acceptors (Lipinski definition) is 6. The molecular formula is C34H52O6Si. The first-order valence-electron chi connectivity index (χ1n) is 15.1. The molecule has 0 N–H and O–H groups in total. The van der Waals surface area contributed by atoms with Crippen LogP contribution in [0.5, 0.6) is 0 Å². The van der Waals surface area contributed by atoms with Gasteiger partial charge in [0.1, 0.15) is 13.1 Å². The van der Waals surface area contributed by atoms with Crippen LogP contribution in [-0.2, 0) is 28.2 Å². The molecule has 1 fully saturated rings. The number of rotatable bonds is 15. The Kier molecular flexibility index (Phi) is 12.3. The van der Waals surface area contributed by atoms with Crippen molar-refractivity contribution < 1.29 is 28.2 Å². The quantitative estimate of drug-likeness (QED) is 0.143. The van der Waals surface area contributed by atoms with Crippen LogP contribution in [0, 0.1) is 11.8 Å². The lowest BCUT2D eigenvalue weighted by atomic mass is 9.87. The third kappa shape index (κ3) is 8.59. The summed E-state index contributed by atoms with van der Waals surface area (Å²) in [4.78, 5) is 11.7. The van der Waals surface area contributed by atoms with Crippen molar-refractivity contribution in [1.29, 1.82) is 0 Å². The van der Waals surface area contributed by atoms with Crippen LogP contribution in [0.15, 0.2) is 60.7 Å². The molecule has 0 saturated carbocycles. The number of carbonyl (C=O) groups excluding carboxylic acids is 1. The van der Waals surface area contributed by atoms with Crippen LogP contribution in [0.1, 0.15) is 74.1 Å². The van der Waals surface area contributed by atoms with E-state index in [9.17, 15) is 4.79 Å². The molecule has 0 bridgehead atoms. The molecule has 1 aliphatic heterocycles. The Labute approximate surface area is 249 Å². The topological polar surface area (TPSA) is 63.2 Å². The Balaban J connectivity index is 1.78. The van der Waals surface area contributed by atoms with Crippen molar-refractivity contribution >= 4 is 25.0 Å². The third-order valence-electron chi connectivity index (χ3n) is 8.28. The first kappa shape index (κ1) is 33.6. The average molecular weight is 585 g/mol. The summed E-state index contributed by atoms with van der Waals surface area (Å²) in [6, 6.07) is 21.4. The molecule has 0 aromatic heterocycles. The zero-order valence-electron chi connectivity index (χ0n) is 26.4. The smallest absolute Gasteiger partial charge is 0.261 e. The average Bonchev–Trinajstić information content (AvgIpc) is 2.94. The van der Waals surface area contributed by atoms with Crippen LogP contribution in [0.2, 0.25) is 5.04 Å². The van der Waals surface area contributed by atoms with Gasteiger partial charge in [-0.1, -0.05) is 95.3 Å². The van der Waals surface area contributed by atoms with Crippen molar-refractivity contribution in [1.82, 2.24) is 0 Å². The first-order chi connectivity index (χ1) is 19.5. The standard InChI is InChI=1S/C34H52O6Si/c1-9-27(23-35)32(37-25-36-8)26(2)20-21-28-22-29(40-34(6,7)39-28)24-38-41(33(3,4)5,30-16-12-10-13-17-30)31-18-14-11-15-19-31/h10-19,23,26-29,32H,9,20-22,24-25H2,1-8H3/t26-,27-,28-,29+,32-/m1/s1. The van der Waals surface area contributed by atoms with Gasteiger partial charge in [0, 0.05) is 19.4 Å². The Morgan fingerprint density at radius 3 is 2.05 bits per heavy atom. The van der Waals surface area contributed by atoms with Crippen molar-refractivity contribution in [3.8, 4) is 0 Å². The van der Waals surface area contributed by atoms with Crippen LogP contribution in [0.4, 0.5) is 0 Å². The number of benzene rings is 2. The molecule has 0 amide bonds. The van der Waals surface area contributed by atoms with Gasteiger partial charge in [0.05, 0.1) is 24.9 Å². The van der Waals surface area contributed by atoms with Crippen molar-refractivity contribution in [2.45, 2.75) is 103 Å². The second-order valence-electron chi connectivity index (χ2n) is 12.9. The van der Waals surface area contributed by atoms with E-state index >= 15 is 0 Å². The van der Waals surface area contributed by atoms with Crippen molar-refractivity contribution in [2.24, 2.45) is 11.8 Å². The number of methoxy groups -OCH3 is 1. The maximum atomic E-state index is 11.7. The fourth-order valence-electron chi connectivity index (χ4n) is 6.35. The number of aldehydes is 1. The van der Waals surface area contributed by atoms with Gasteiger partial charge in [0.25, 0.3) is 8.32 Å². The molecule has 2 aromatic carbocycles. The highest BCUT2D eigenvalue weighted by Crippen LogP contribution is 2.38. The Morgan fingerprint density at radius 2 is 1.56 bits per heavy atom. The molecule has 228 valence electrons. The highest BCUT2D eigenvalue weighted by Gasteiger charge is 2.51. The van der Waals surface area contributed by atoms with Gasteiger partial charge in [0.2, 0.25) is 0 Å². The van der Waals surface area contributed by atoms with Gasteiger partial charge in [-0.25, -0.2) is 0 Å². The second kappa shape index (κ2) is 15.0. The van der Waals surface area contributed by atoms with E-state index < -0.39 is 14.1 Å². The lowest BCUT2D eigenvalue weighted by molar-refractivity contribution is -0.304. The molecular weight excluding hydrogens is 532 g/mol. The van der Waals surface area contributed by atoms with Gasteiger partial charge >= 0.3 is 0 Å². The minimum absolute atomic E-state index is 0.0216. The molecule has 6 nitrogen and oxygen atoms in total. The van der Waals surface area contributed by atoms with Crippen LogP contribution < -0.4 is 10.4 Å². The van der Waals surface area contributed by atoms with Gasteiger partial charge in [-0.3, -0.25) is 0 Å². The lowest BCUT2D eigenvalue weighted by Gasteiger charge is -2.46. The summed E-state index contributed by atoms with van der Waals surface area (Å²) in [5, 5.41) is 2.42. The summed E-state index contributed by atoms with van der Waals surface area (Å²) in [5.41, 5.74) is 0. The van der Waals surface area contributed by atoms with E-state index in [0.29, 0.717) is 6.61 Å². The largest absolute Gasteiger partial charge is 0.405 e. The number of hydrogen-bond donors (Lipinski definition) is 0.